The second-order valence-corrected chi connectivity index (χ2v) is 5.77. The van der Waals surface area contributed by atoms with E-state index in [-0.39, 0.29) is 0 Å². The molecule has 0 spiro atoms. The van der Waals surface area contributed by atoms with Crippen molar-refractivity contribution in [2.75, 3.05) is 0 Å². The van der Waals surface area contributed by atoms with Gasteiger partial charge in [0, 0.05) is 15.6 Å². The van der Waals surface area contributed by atoms with Crippen molar-refractivity contribution < 1.29 is 4.42 Å². The molecule has 0 fully saturated rings. The Bertz CT molecular complexity index is 653. The van der Waals surface area contributed by atoms with Gasteiger partial charge in [-0.3, -0.25) is 0 Å². The standard InChI is InChI=1S/C15H16N2OS/c1-10-8-17-15(18-10)9-16-11(2)14-7-12-5-3-4-6-13(12)19-14/h3-8,11,16H,9H2,1-2H3. The van der Waals surface area contributed by atoms with Crippen LogP contribution in [-0.4, -0.2) is 4.98 Å². The van der Waals surface area contributed by atoms with E-state index in [1.807, 2.05) is 18.3 Å². The lowest BCUT2D eigenvalue weighted by molar-refractivity contribution is 0.433. The molecule has 2 heterocycles. The van der Waals surface area contributed by atoms with Crippen LogP contribution in [0.1, 0.15) is 29.5 Å². The topological polar surface area (TPSA) is 38.1 Å². The molecule has 1 atom stereocenters. The summed E-state index contributed by atoms with van der Waals surface area (Å²) in [4.78, 5) is 5.54. The first-order valence-electron chi connectivity index (χ1n) is 6.35. The molecule has 98 valence electrons. The van der Waals surface area contributed by atoms with Crippen LogP contribution in [0.2, 0.25) is 0 Å². The van der Waals surface area contributed by atoms with Crippen molar-refractivity contribution in [2.24, 2.45) is 0 Å². The number of hydrogen-bond acceptors (Lipinski definition) is 4. The summed E-state index contributed by atoms with van der Waals surface area (Å²) in [6.07, 6.45) is 1.75. The fourth-order valence-electron chi connectivity index (χ4n) is 2.04. The molecule has 3 nitrogen and oxygen atoms in total. The van der Waals surface area contributed by atoms with Crippen molar-refractivity contribution in [3.8, 4) is 0 Å². The van der Waals surface area contributed by atoms with E-state index in [1.165, 1.54) is 15.0 Å². The van der Waals surface area contributed by atoms with Crippen LogP contribution in [0.25, 0.3) is 10.1 Å². The summed E-state index contributed by atoms with van der Waals surface area (Å²) in [5, 5.41) is 4.75. The second kappa shape index (κ2) is 5.15. The zero-order chi connectivity index (χ0) is 13.2. The van der Waals surface area contributed by atoms with Crippen LogP contribution in [-0.2, 0) is 6.54 Å². The predicted molar refractivity (Wildman–Crippen MR) is 78.3 cm³/mol. The first-order valence-corrected chi connectivity index (χ1v) is 7.17. The maximum absolute atomic E-state index is 5.46. The molecule has 0 aliphatic carbocycles. The summed E-state index contributed by atoms with van der Waals surface area (Å²) in [7, 11) is 0. The Morgan fingerprint density at radius 1 is 1.37 bits per heavy atom. The first kappa shape index (κ1) is 12.4. The Hall–Kier alpha value is -1.65. The molecule has 0 saturated heterocycles. The van der Waals surface area contributed by atoms with E-state index in [0.717, 1.165) is 11.7 Å². The lowest BCUT2D eigenvalue weighted by atomic mass is 10.2. The third-order valence-corrected chi connectivity index (χ3v) is 4.40. The number of nitrogens with one attached hydrogen (secondary N) is 1. The van der Waals surface area contributed by atoms with E-state index in [4.69, 9.17) is 4.42 Å². The van der Waals surface area contributed by atoms with Crippen LogP contribution < -0.4 is 5.32 Å². The lowest BCUT2D eigenvalue weighted by Gasteiger charge is -2.09. The molecule has 0 bridgehead atoms. The normalized spacial score (nSPS) is 12.9. The van der Waals surface area contributed by atoms with Gasteiger partial charge in [-0.05, 0) is 31.4 Å². The van der Waals surface area contributed by atoms with Gasteiger partial charge in [0.05, 0.1) is 12.7 Å². The number of fused-ring (bicyclic) bond motifs is 1. The molecule has 4 heteroatoms. The van der Waals surface area contributed by atoms with Crippen LogP contribution in [0.3, 0.4) is 0 Å². The number of oxazole rings is 1. The van der Waals surface area contributed by atoms with Crippen molar-refractivity contribution >= 4 is 21.4 Å². The number of hydrogen-bond donors (Lipinski definition) is 1. The molecule has 2 aromatic heterocycles. The summed E-state index contributed by atoms with van der Waals surface area (Å²) in [5.41, 5.74) is 0. The molecule has 1 unspecified atom stereocenters. The Balaban J connectivity index is 1.71. The maximum Gasteiger partial charge on any atom is 0.208 e. The predicted octanol–water partition coefficient (Wildman–Crippen LogP) is 4.05. The van der Waals surface area contributed by atoms with E-state index in [2.05, 4.69) is 47.6 Å². The van der Waals surface area contributed by atoms with Gasteiger partial charge in [-0.25, -0.2) is 4.98 Å². The zero-order valence-corrected chi connectivity index (χ0v) is 11.8. The van der Waals surface area contributed by atoms with E-state index in [1.54, 1.807) is 6.20 Å². The van der Waals surface area contributed by atoms with E-state index in [0.29, 0.717) is 12.6 Å². The highest BCUT2D eigenvalue weighted by molar-refractivity contribution is 7.19. The van der Waals surface area contributed by atoms with Gasteiger partial charge in [0.1, 0.15) is 5.76 Å². The minimum Gasteiger partial charge on any atom is -0.445 e. The van der Waals surface area contributed by atoms with Crippen LogP contribution in [0.5, 0.6) is 0 Å². The van der Waals surface area contributed by atoms with E-state index < -0.39 is 0 Å². The van der Waals surface area contributed by atoms with Crippen molar-refractivity contribution in [1.82, 2.24) is 10.3 Å². The highest BCUT2D eigenvalue weighted by Crippen LogP contribution is 2.29. The number of aryl methyl sites for hydroxylation is 1. The van der Waals surface area contributed by atoms with Gasteiger partial charge in [-0.15, -0.1) is 11.3 Å². The monoisotopic (exact) mass is 272 g/mol. The summed E-state index contributed by atoms with van der Waals surface area (Å²) in [6, 6.07) is 11.0. The molecule has 1 aromatic carbocycles. The van der Waals surface area contributed by atoms with Gasteiger partial charge < -0.3 is 9.73 Å². The van der Waals surface area contributed by atoms with Crippen molar-refractivity contribution in [3.05, 3.63) is 53.1 Å². The van der Waals surface area contributed by atoms with Gasteiger partial charge >= 0.3 is 0 Å². The molecular formula is C15H16N2OS. The average Bonchev–Trinajstić information content (AvgIpc) is 3.01. The van der Waals surface area contributed by atoms with Crippen molar-refractivity contribution in [2.45, 2.75) is 26.4 Å². The fourth-order valence-corrected chi connectivity index (χ4v) is 3.13. The largest absolute Gasteiger partial charge is 0.445 e. The Morgan fingerprint density at radius 3 is 2.95 bits per heavy atom. The maximum atomic E-state index is 5.46. The minimum absolute atomic E-state index is 0.296. The zero-order valence-electron chi connectivity index (χ0n) is 11.0. The van der Waals surface area contributed by atoms with Gasteiger partial charge in [0.2, 0.25) is 5.89 Å². The van der Waals surface area contributed by atoms with Crippen LogP contribution >= 0.6 is 11.3 Å². The Morgan fingerprint density at radius 2 is 2.21 bits per heavy atom. The lowest BCUT2D eigenvalue weighted by Crippen LogP contribution is -2.17. The van der Waals surface area contributed by atoms with Gasteiger partial charge in [-0.2, -0.15) is 0 Å². The fraction of sp³-hybridized carbons (Fsp3) is 0.267. The summed E-state index contributed by atoms with van der Waals surface area (Å²) >= 11 is 1.83. The molecule has 0 saturated carbocycles. The van der Waals surface area contributed by atoms with Gasteiger partial charge in [-0.1, -0.05) is 18.2 Å². The average molecular weight is 272 g/mol. The van der Waals surface area contributed by atoms with Crippen LogP contribution in [0.4, 0.5) is 0 Å². The smallest absolute Gasteiger partial charge is 0.208 e. The third kappa shape index (κ3) is 2.69. The van der Waals surface area contributed by atoms with Crippen LogP contribution in [0, 0.1) is 6.92 Å². The molecule has 3 rings (SSSR count). The van der Waals surface area contributed by atoms with E-state index in [9.17, 15) is 0 Å². The van der Waals surface area contributed by atoms with Crippen LogP contribution in [0.15, 0.2) is 40.9 Å². The Labute approximate surface area is 116 Å². The summed E-state index contributed by atoms with van der Waals surface area (Å²) in [5.74, 6) is 1.59. The molecule has 0 amide bonds. The number of nitrogens with zero attached hydrogens (tertiary/aromatic N) is 1. The molecule has 19 heavy (non-hydrogen) atoms. The molecule has 0 aliphatic rings. The quantitative estimate of drug-likeness (QED) is 0.778. The summed E-state index contributed by atoms with van der Waals surface area (Å²) in [6.45, 7) is 4.73. The van der Waals surface area contributed by atoms with Gasteiger partial charge in [0.25, 0.3) is 0 Å². The molecule has 3 aromatic rings. The first-order chi connectivity index (χ1) is 9.22. The van der Waals surface area contributed by atoms with Crippen molar-refractivity contribution in [3.63, 3.8) is 0 Å². The van der Waals surface area contributed by atoms with Crippen molar-refractivity contribution in [1.29, 1.82) is 0 Å². The third-order valence-electron chi connectivity index (χ3n) is 3.10. The number of rotatable bonds is 4. The van der Waals surface area contributed by atoms with E-state index >= 15 is 0 Å². The Kier molecular flexibility index (Phi) is 3.36. The minimum atomic E-state index is 0.296. The molecular weight excluding hydrogens is 256 g/mol. The molecule has 1 N–H and O–H groups in total. The number of thiophene rings is 1. The highest BCUT2D eigenvalue weighted by Gasteiger charge is 2.10. The SMILES string of the molecule is Cc1cnc(CNC(C)c2cc3ccccc3s2)o1. The second-order valence-electron chi connectivity index (χ2n) is 4.65. The highest BCUT2D eigenvalue weighted by atomic mass is 32.1. The van der Waals surface area contributed by atoms with Gasteiger partial charge in [0.15, 0.2) is 0 Å². The number of benzene rings is 1. The molecule has 0 aliphatic heterocycles. The molecule has 0 radical (unpaired) electrons. The number of aromatic nitrogens is 1. The summed E-state index contributed by atoms with van der Waals surface area (Å²) < 4.78 is 6.79.